The number of hydrogen-bond donors (Lipinski definition) is 3. The Labute approximate surface area is 333 Å². The third kappa shape index (κ3) is 8.58. The number of allylic oxidation sites excluding steroid dienone is 1. The molecular formula is C43H52N6O7S. The molecule has 1 amide bonds. The Morgan fingerprint density at radius 2 is 1.95 bits per heavy atom. The van der Waals surface area contributed by atoms with Crippen molar-refractivity contribution in [2.75, 3.05) is 31.6 Å². The largest absolute Gasteiger partial charge is 0.455 e. The van der Waals surface area contributed by atoms with Crippen LogP contribution in [0.15, 0.2) is 71.9 Å². The van der Waals surface area contributed by atoms with E-state index in [-0.39, 0.29) is 22.9 Å². The van der Waals surface area contributed by atoms with Gasteiger partial charge in [0.2, 0.25) is 0 Å². The summed E-state index contributed by atoms with van der Waals surface area (Å²) in [4.78, 5) is 35.2. The summed E-state index contributed by atoms with van der Waals surface area (Å²) in [6.07, 6.45) is 18.1. The summed E-state index contributed by atoms with van der Waals surface area (Å²) < 4.78 is 41.1. The number of nitrogens with zero attached hydrogens (tertiary/aromatic N) is 3. The summed E-state index contributed by atoms with van der Waals surface area (Å²) in [5.74, 6) is 1.58. The number of sulfonamides is 1. The number of nitro benzene ring substituents is 1. The molecular weight excluding hydrogens is 745 g/mol. The van der Waals surface area contributed by atoms with E-state index in [0.29, 0.717) is 43.2 Å². The number of benzene rings is 2. The maximum Gasteiger partial charge on any atom is 0.293 e. The first-order valence-electron chi connectivity index (χ1n) is 20.5. The lowest BCUT2D eigenvalue weighted by atomic mass is 9.87. The Hall–Kier alpha value is -4.79. The molecule has 0 bridgehead atoms. The summed E-state index contributed by atoms with van der Waals surface area (Å²) in [6, 6.07) is 13.7. The topological polar surface area (TPSA) is 169 Å². The number of likely N-dealkylation sites (tertiary alicyclic amines) is 1. The molecule has 2 aliphatic heterocycles. The maximum absolute atomic E-state index is 13.9. The first-order chi connectivity index (χ1) is 27.7. The number of H-pyrrole nitrogens is 1. The van der Waals surface area contributed by atoms with E-state index in [1.807, 2.05) is 12.1 Å². The molecule has 2 aliphatic carbocycles. The van der Waals surface area contributed by atoms with Gasteiger partial charge in [-0.25, -0.2) is 18.1 Å². The van der Waals surface area contributed by atoms with Gasteiger partial charge in [0.25, 0.3) is 21.6 Å². The van der Waals surface area contributed by atoms with Crippen LogP contribution in [0.5, 0.6) is 11.5 Å². The molecule has 1 saturated carbocycles. The molecule has 8 rings (SSSR count). The monoisotopic (exact) mass is 796 g/mol. The Kier molecular flexibility index (Phi) is 11.6. The van der Waals surface area contributed by atoms with Crippen molar-refractivity contribution in [2.45, 2.75) is 94.5 Å². The summed E-state index contributed by atoms with van der Waals surface area (Å²) >= 11 is 0. The number of nitrogens with one attached hydrogen (secondary N) is 3. The Balaban J connectivity index is 1.03. The van der Waals surface area contributed by atoms with Crippen LogP contribution in [0.4, 0.5) is 11.4 Å². The lowest BCUT2D eigenvalue weighted by Crippen LogP contribution is -2.41. The molecule has 13 nitrogen and oxygen atoms in total. The number of hydrogen-bond acceptors (Lipinski definition) is 10. The van der Waals surface area contributed by atoms with Crippen molar-refractivity contribution in [3.8, 4) is 11.5 Å². The number of fused-ring (bicyclic) bond motifs is 2. The number of rotatable bonds is 14. The van der Waals surface area contributed by atoms with Gasteiger partial charge in [-0.05, 0) is 117 Å². The van der Waals surface area contributed by atoms with Gasteiger partial charge in [0.1, 0.15) is 22.8 Å². The van der Waals surface area contributed by atoms with E-state index in [2.05, 4.69) is 37.9 Å². The summed E-state index contributed by atoms with van der Waals surface area (Å²) in [6.45, 7) is 5.26. The summed E-state index contributed by atoms with van der Waals surface area (Å²) in [7, 11) is -4.52. The number of carbonyl (C=O) groups excluding carboxylic acids is 1. The molecule has 3 fully saturated rings. The number of aromatic nitrogens is 2. The average Bonchev–Trinajstić information content (AvgIpc) is 3.97. The molecule has 302 valence electrons. The number of ether oxygens (including phenoxy) is 2. The molecule has 4 aliphatic rings. The van der Waals surface area contributed by atoms with E-state index in [4.69, 9.17) is 9.47 Å². The van der Waals surface area contributed by atoms with Gasteiger partial charge in [-0.1, -0.05) is 38.3 Å². The predicted molar refractivity (Wildman–Crippen MR) is 219 cm³/mol. The fourth-order valence-electron chi connectivity index (χ4n) is 9.56. The molecule has 0 radical (unpaired) electrons. The van der Waals surface area contributed by atoms with Crippen LogP contribution in [0, 0.1) is 27.9 Å². The fourth-order valence-corrected chi connectivity index (χ4v) is 10.5. The SMILES string of the molecule is CCCCC1C2CCCC2CN1C1CC=C(c2ccc(C(=O)NS(=O)(=O)c3ccc(NCC4CCOCC4)c([N+](=O)[O-])c3)c(Oc3cnc4[nH]ccc4c3)c2)CC1. The number of pyridine rings is 1. The van der Waals surface area contributed by atoms with Crippen LogP contribution in [-0.2, 0) is 14.8 Å². The van der Waals surface area contributed by atoms with Crippen LogP contribution in [0.1, 0.15) is 93.5 Å². The number of nitro groups is 1. The third-order valence-electron chi connectivity index (χ3n) is 12.6. The number of aromatic amines is 1. The second-order valence-corrected chi connectivity index (χ2v) is 17.8. The number of amides is 1. The summed E-state index contributed by atoms with van der Waals surface area (Å²) in [5.41, 5.74) is 2.55. The van der Waals surface area contributed by atoms with Crippen molar-refractivity contribution in [3.05, 3.63) is 88.2 Å². The predicted octanol–water partition coefficient (Wildman–Crippen LogP) is 8.45. The average molecular weight is 797 g/mol. The molecule has 4 unspecified atom stereocenters. The summed E-state index contributed by atoms with van der Waals surface area (Å²) in [5, 5.41) is 16.0. The van der Waals surface area contributed by atoms with Crippen molar-refractivity contribution in [2.24, 2.45) is 17.8 Å². The molecule has 2 saturated heterocycles. The molecule has 4 heterocycles. The van der Waals surface area contributed by atoms with Crippen molar-refractivity contribution in [1.82, 2.24) is 19.6 Å². The third-order valence-corrected chi connectivity index (χ3v) is 13.9. The van der Waals surface area contributed by atoms with E-state index in [9.17, 15) is 23.3 Å². The molecule has 4 atom stereocenters. The number of anilines is 1. The van der Waals surface area contributed by atoms with Gasteiger partial charge in [0.15, 0.2) is 0 Å². The lowest BCUT2D eigenvalue weighted by molar-refractivity contribution is -0.384. The lowest BCUT2D eigenvalue weighted by Gasteiger charge is -2.37. The molecule has 0 spiro atoms. The quantitative estimate of drug-likeness (QED) is 0.0832. The standard InChI is InChI=1S/C43H52N6O7S/c1-2-3-7-39-36-6-4-5-32(36)27-48(39)33-11-8-29(9-12-33)30-10-14-37(41(23-30)56-34-22-31-16-19-44-42(31)46-26-34)43(50)47-57(53,54)35-13-15-38(40(24-35)49(51)52)45-25-28-17-20-55-21-18-28/h8,10,13-16,19,22-24,26,28,32-33,36,39,45H,2-7,9,11-12,17-18,20-21,25,27H2,1H3,(H,44,46)(H,47,50). The van der Waals surface area contributed by atoms with E-state index in [0.717, 1.165) is 66.5 Å². The van der Waals surface area contributed by atoms with Crippen LogP contribution >= 0.6 is 0 Å². The van der Waals surface area contributed by atoms with Crippen LogP contribution < -0.4 is 14.8 Å². The van der Waals surface area contributed by atoms with Gasteiger partial charge < -0.3 is 19.8 Å². The van der Waals surface area contributed by atoms with Gasteiger partial charge >= 0.3 is 0 Å². The Morgan fingerprint density at radius 1 is 1.09 bits per heavy atom. The smallest absolute Gasteiger partial charge is 0.293 e. The van der Waals surface area contributed by atoms with E-state index in [1.54, 1.807) is 30.6 Å². The van der Waals surface area contributed by atoms with Crippen molar-refractivity contribution in [1.29, 1.82) is 0 Å². The van der Waals surface area contributed by atoms with E-state index >= 15 is 0 Å². The zero-order chi connectivity index (χ0) is 39.5. The Bertz CT molecular complexity index is 2250. The van der Waals surface area contributed by atoms with E-state index < -0.39 is 31.4 Å². The van der Waals surface area contributed by atoms with Crippen LogP contribution in [0.25, 0.3) is 16.6 Å². The molecule has 2 aromatic carbocycles. The minimum atomic E-state index is -4.52. The Morgan fingerprint density at radius 3 is 2.74 bits per heavy atom. The zero-order valence-corrected chi connectivity index (χ0v) is 33.3. The molecule has 2 aromatic heterocycles. The van der Waals surface area contributed by atoms with Crippen molar-refractivity contribution < 1.29 is 27.6 Å². The normalized spacial score (nSPS) is 22.9. The van der Waals surface area contributed by atoms with Gasteiger partial charge in [-0.2, -0.15) is 0 Å². The first-order valence-corrected chi connectivity index (χ1v) is 22.0. The minimum Gasteiger partial charge on any atom is -0.455 e. The molecule has 57 heavy (non-hydrogen) atoms. The van der Waals surface area contributed by atoms with Crippen LogP contribution in [-0.4, -0.2) is 72.5 Å². The molecule has 3 N–H and O–H groups in total. The fraction of sp³-hybridized carbons (Fsp3) is 0.488. The highest BCUT2D eigenvalue weighted by Crippen LogP contribution is 2.46. The highest BCUT2D eigenvalue weighted by Gasteiger charge is 2.45. The second-order valence-electron chi connectivity index (χ2n) is 16.1. The highest BCUT2D eigenvalue weighted by atomic mass is 32.2. The highest BCUT2D eigenvalue weighted by molar-refractivity contribution is 7.90. The van der Waals surface area contributed by atoms with E-state index in [1.165, 1.54) is 57.2 Å². The maximum atomic E-state index is 13.9. The second kappa shape index (κ2) is 17.0. The number of unbranched alkanes of at least 4 members (excludes halogenated alkanes) is 1. The van der Waals surface area contributed by atoms with Crippen molar-refractivity contribution >= 4 is 43.9 Å². The van der Waals surface area contributed by atoms with Crippen LogP contribution in [0.2, 0.25) is 0 Å². The first kappa shape index (κ1) is 39.1. The van der Waals surface area contributed by atoms with Gasteiger partial charge in [-0.3, -0.25) is 19.8 Å². The molecule has 14 heteroatoms. The number of carbonyl (C=O) groups is 1. The van der Waals surface area contributed by atoms with Crippen molar-refractivity contribution in [3.63, 3.8) is 0 Å². The van der Waals surface area contributed by atoms with Gasteiger partial charge in [0.05, 0.1) is 21.6 Å². The molecule has 4 aromatic rings. The van der Waals surface area contributed by atoms with Gasteiger partial charge in [0, 0.05) is 56.0 Å². The zero-order valence-electron chi connectivity index (χ0n) is 32.5. The van der Waals surface area contributed by atoms with Crippen LogP contribution in [0.3, 0.4) is 0 Å². The van der Waals surface area contributed by atoms with Gasteiger partial charge in [-0.15, -0.1) is 0 Å². The minimum absolute atomic E-state index is 0.00241.